The number of nitrogens with two attached hydrogens (primary N) is 1. The van der Waals surface area contributed by atoms with Crippen LogP contribution in [0.15, 0.2) is 42.7 Å². The van der Waals surface area contributed by atoms with Crippen molar-refractivity contribution in [2.75, 3.05) is 11.9 Å². The van der Waals surface area contributed by atoms with Gasteiger partial charge in [-0.3, -0.25) is 4.98 Å². The Hall–Kier alpha value is -2.54. The van der Waals surface area contributed by atoms with E-state index in [2.05, 4.69) is 25.8 Å². The standard InChI is InChI=1S/C13H15N7/c1-13(9-14,10-5-3-2-4-6-10)16-11-7-15-8-12-17-18-19-20(11)12/h2-8,16H,9,14H2,1H3. The van der Waals surface area contributed by atoms with Crippen LogP contribution in [0.3, 0.4) is 0 Å². The summed E-state index contributed by atoms with van der Waals surface area (Å²) in [6.45, 7) is 2.46. The summed E-state index contributed by atoms with van der Waals surface area (Å²) >= 11 is 0. The number of aromatic nitrogens is 5. The van der Waals surface area contributed by atoms with Gasteiger partial charge < -0.3 is 11.1 Å². The molecule has 2 aromatic heterocycles. The van der Waals surface area contributed by atoms with Gasteiger partial charge in [0, 0.05) is 6.54 Å². The van der Waals surface area contributed by atoms with E-state index in [9.17, 15) is 0 Å². The predicted molar refractivity (Wildman–Crippen MR) is 75.0 cm³/mol. The topological polar surface area (TPSA) is 94.0 Å². The van der Waals surface area contributed by atoms with E-state index in [0.717, 1.165) is 5.56 Å². The first-order valence-corrected chi connectivity index (χ1v) is 6.29. The summed E-state index contributed by atoms with van der Waals surface area (Å²) in [4.78, 5) is 4.13. The minimum atomic E-state index is -0.427. The van der Waals surface area contributed by atoms with Crippen molar-refractivity contribution in [1.82, 2.24) is 25.0 Å². The molecule has 7 heteroatoms. The summed E-state index contributed by atoms with van der Waals surface area (Å²) in [6, 6.07) is 10.0. The van der Waals surface area contributed by atoms with Crippen LogP contribution in [0, 0.1) is 0 Å². The normalized spacial score (nSPS) is 14.1. The molecular weight excluding hydrogens is 254 g/mol. The van der Waals surface area contributed by atoms with Gasteiger partial charge in [-0.05, 0) is 22.9 Å². The van der Waals surface area contributed by atoms with Crippen LogP contribution in [0.1, 0.15) is 12.5 Å². The van der Waals surface area contributed by atoms with Crippen LogP contribution in [-0.4, -0.2) is 31.6 Å². The first kappa shape index (κ1) is 12.5. The lowest BCUT2D eigenvalue weighted by Gasteiger charge is -2.30. The van der Waals surface area contributed by atoms with E-state index < -0.39 is 5.54 Å². The van der Waals surface area contributed by atoms with Crippen LogP contribution in [0.5, 0.6) is 0 Å². The molecule has 0 aliphatic heterocycles. The number of hydrogen-bond donors (Lipinski definition) is 2. The third kappa shape index (κ3) is 2.08. The number of rotatable bonds is 4. The van der Waals surface area contributed by atoms with Gasteiger partial charge in [-0.15, -0.1) is 5.10 Å². The van der Waals surface area contributed by atoms with Crippen molar-refractivity contribution in [3.63, 3.8) is 0 Å². The van der Waals surface area contributed by atoms with Gasteiger partial charge in [0.05, 0.1) is 17.9 Å². The average Bonchev–Trinajstić information content (AvgIpc) is 2.98. The SMILES string of the molecule is CC(CN)(Nc1cncc2nnnn12)c1ccccc1. The molecule has 102 valence electrons. The second-order valence-corrected chi connectivity index (χ2v) is 4.77. The molecule has 1 atom stereocenters. The first-order valence-electron chi connectivity index (χ1n) is 6.29. The van der Waals surface area contributed by atoms with Crippen molar-refractivity contribution >= 4 is 11.5 Å². The highest BCUT2D eigenvalue weighted by Crippen LogP contribution is 2.24. The molecule has 7 nitrogen and oxygen atoms in total. The van der Waals surface area contributed by atoms with Crippen molar-refractivity contribution in [1.29, 1.82) is 0 Å². The van der Waals surface area contributed by atoms with Crippen molar-refractivity contribution in [2.45, 2.75) is 12.5 Å². The van der Waals surface area contributed by atoms with Crippen LogP contribution in [-0.2, 0) is 5.54 Å². The first-order chi connectivity index (χ1) is 9.73. The van der Waals surface area contributed by atoms with E-state index in [0.29, 0.717) is 18.0 Å². The summed E-state index contributed by atoms with van der Waals surface area (Å²) in [5.41, 5.74) is 7.21. The molecule has 0 spiro atoms. The van der Waals surface area contributed by atoms with Crippen molar-refractivity contribution < 1.29 is 0 Å². The van der Waals surface area contributed by atoms with E-state index in [1.54, 1.807) is 16.9 Å². The minimum Gasteiger partial charge on any atom is -0.358 e. The predicted octanol–water partition coefficient (Wildman–Crippen LogP) is 0.805. The fraction of sp³-hybridized carbons (Fsp3) is 0.231. The highest BCUT2D eigenvalue weighted by Gasteiger charge is 2.25. The Kier molecular flexibility index (Phi) is 3.03. The van der Waals surface area contributed by atoms with E-state index in [4.69, 9.17) is 5.73 Å². The molecule has 20 heavy (non-hydrogen) atoms. The van der Waals surface area contributed by atoms with Gasteiger partial charge in [0.15, 0.2) is 11.5 Å². The molecule has 1 unspecified atom stereocenters. The monoisotopic (exact) mass is 269 g/mol. The van der Waals surface area contributed by atoms with Crippen molar-refractivity contribution in [3.05, 3.63) is 48.3 Å². The fourth-order valence-corrected chi connectivity index (χ4v) is 2.09. The van der Waals surface area contributed by atoms with E-state index in [-0.39, 0.29) is 0 Å². The van der Waals surface area contributed by atoms with Gasteiger partial charge in [0.2, 0.25) is 0 Å². The lowest BCUT2D eigenvalue weighted by Crippen LogP contribution is -2.40. The fourth-order valence-electron chi connectivity index (χ4n) is 2.09. The van der Waals surface area contributed by atoms with Crippen LogP contribution in [0.4, 0.5) is 5.82 Å². The lowest BCUT2D eigenvalue weighted by molar-refractivity contribution is 0.550. The van der Waals surface area contributed by atoms with Gasteiger partial charge >= 0.3 is 0 Å². The molecule has 0 amide bonds. The maximum atomic E-state index is 5.96. The Morgan fingerprint density at radius 3 is 2.80 bits per heavy atom. The lowest BCUT2D eigenvalue weighted by atomic mass is 9.92. The second-order valence-electron chi connectivity index (χ2n) is 4.77. The third-order valence-electron chi connectivity index (χ3n) is 3.33. The van der Waals surface area contributed by atoms with Gasteiger partial charge in [-0.1, -0.05) is 30.3 Å². The second kappa shape index (κ2) is 4.86. The molecule has 2 heterocycles. The molecule has 0 saturated carbocycles. The Morgan fingerprint density at radius 2 is 2.05 bits per heavy atom. The van der Waals surface area contributed by atoms with E-state index in [1.807, 2.05) is 37.3 Å². The summed E-state index contributed by atoms with van der Waals surface area (Å²) in [6.07, 6.45) is 3.29. The van der Waals surface area contributed by atoms with E-state index in [1.165, 1.54) is 0 Å². The zero-order valence-corrected chi connectivity index (χ0v) is 11.1. The zero-order valence-electron chi connectivity index (χ0n) is 11.1. The van der Waals surface area contributed by atoms with Gasteiger partial charge in [0.25, 0.3) is 0 Å². The molecule has 0 saturated heterocycles. The van der Waals surface area contributed by atoms with Crippen LogP contribution < -0.4 is 11.1 Å². The van der Waals surface area contributed by atoms with Gasteiger partial charge in [-0.25, -0.2) is 0 Å². The highest BCUT2D eigenvalue weighted by molar-refractivity contribution is 5.47. The quantitative estimate of drug-likeness (QED) is 0.727. The zero-order chi connectivity index (χ0) is 14.0. The summed E-state index contributed by atoms with van der Waals surface area (Å²) in [5, 5.41) is 14.8. The molecule has 0 radical (unpaired) electrons. The summed E-state index contributed by atoms with van der Waals surface area (Å²) in [7, 11) is 0. The molecule has 0 aliphatic carbocycles. The summed E-state index contributed by atoms with van der Waals surface area (Å²) in [5.74, 6) is 0.698. The maximum Gasteiger partial charge on any atom is 0.199 e. The van der Waals surface area contributed by atoms with Crippen molar-refractivity contribution in [3.8, 4) is 0 Å². The number of hydrogen-bond acceptors (Lipinski definition) is 6. The Balaban J connectivity index is 2.01. The molecule has 0 fully saturated rings. The Morgan fingerprint density at radius 1 is 1.25 bits per heavy atom. The molecule has 0 bridgehead atoms. The molecular formula is C13H15N7. The Bertz CT molecular complexity index is 709. The van der Waals surface area contributed by atoms with Crippen LogP contribution >= 0.6 is 0 Å². The van der Waals surface area contributed by atoms with Crippen LogP contribution in [0.2, 0.25) is 0 Å². The van der Waals surface area contributed by atoms with Gasteiger partial charge in [-0.2, -0.15) is 4.52 Å². The number of nitrogens with zero attached hydrogens (tertiary/aromatic N) is 5. The Labute approximate surface area is 115 Å². The molecule has 3 aromatic rings. The largest absolute Gasteiger partial charge is 0.358 e. The van der Waals surface area contributed by atoms with E-state index >= 15 is 0 Å². The third-order valence-corrected chi connectivity index (χ3v) is 3.33. The number of tetrazole rings is 1. The molecule has 1 aromatic carbocycles. The smallest absolute Gasteiger partial charge is 0.199 e. The number of benzene rings is 1. The maximum absolute atomic E-state index is 5.96. The van der Waals surface area contributed by atoms with Crippen molar-refractivity contribution in [2.24, 2.45) is 5.73 Å². The van der Waals surface area contributed by atoms with Crippen LogP contribution in [0.25, 0.3) is 5.65 Å². The molecule has 3 N–H and O–H groups in total. The summed E-state index contributed by atoms with van der Waals surface area (Å²) < 4.78 is 1.60. The number of nitrogens with one attached hydrogen (secondary N) is 1. The average molecular weight is 269 g/mol. The van der Waals surface area contributed by atoms with Gasteiger partial charge in [0.1, 0.15) is 0 Å². The molecule has 3 rings (SSSR count). The number of anilines is 1. The number of fused-ring (bicyclic) bond motifs is 1. The highest BCUT2D eigenvalue weighted by atomic mass is 15.5. The molecule has 0 aliphatic rings. The minimum absolute atomic E-state index is 0.426.